The summed E-state index contributed by atoms with van der Waals surface area (Å²) in [5.74, 6) is 1.34. The SMILES string of the molecule is O=[N+]([O-])c1ccc(OC[C@H](O)Cn2c(Cc3ccccc3)nc3ccccc32)cc1. The molecule has 0 bridgehead atoms. The van der Waals surface area contributed by atoms with Crippen LogP contribution in [0.3, 0.4) is 0 Å². The Morgan fingerprint density at radius 1 is 1.00 bits per heavy atom. The van der Waals surface area contributed by atoms with Gasteiger partial charge in [-0.2, -0.15) is 0 Å². The molecule has 0 saturated heterocycles. The van der Waals surface area contributed by atoms with Crippen molar-refractivity contribution in [3.8, 4) is 5.75 Å². The fourth-order valence-corrected chi connectivity index (χ4v) is 3.36. The van der Waals surface area contributed by atoms with Crippen LogP contribution in [0.4, 0.5) is 5.69 Å². The van der Waals surface area contributed by atoms with E-state index in [9.17, 15) is 15.2 Å². The fraction of sp³-hybridized carbons (Fsp3) is 0.174. The molecule has 0 aliphatic carbocycles. The van der Waals surface area contributed by atoms with Gasteiger partial charge >= 0.3 is 0 Å². The zero-order chi connectivity index (χ0) is 20.9. The second kappa shape index (κ2) is 8.75. The Bertz CT molecular complexity index is 1140. The van der Waals surface area contributed by atoms with E-state index in [1.165, 1.54) is 24.3 Å². The quantitative estimate of drug-likeness (QED) is 0.355. The van der Waals surface area contributed by atoms with Crippen molar-refractivity contribution in [2.75, 3.05) is 6.61 Å². The van der Waals surface area contributed by atoms with Gasteiger partial charge in [0, 0.05) is 18.6 Å². The van der Waals surface area contributed by atoms with Crippen molar-refractivity contribution in [3.63, 3.8) is 0 Å². The molecule has 0 amide bonds. The number of fused-ring (bicyclic) bond motifs is 1. The Morgan fingerprint density at radius 3 is 2.43 bits per heavy atom. The number of para-hydroxylation sites is 2. The number of nitro groups is 1. The van der Waals surface area contributed by atoms with Crippen LogP contribution in [0.1, 0.15) is 11.4 Å². The summed E-state index contributed by atoms with van der Waals surface area (Å²) < 4.78 is 7.64. The van der Waals surface area contributed by atoms with E-state index in [1.54, 1.807) is 0 Å². The molecule has 1 N–H and O–H groups in total. The first kappa shape index (κ1) is 19.6. The summed E-state index contributed by atoms with van der Waals surface area (Å²) >= 11 is 0. The normalized spacial score (nSPS) is 12.0. The minimum atomic E-state index is -0.771. The second-order valence-electron chi connectivity index (χ2n) is 7.01. The van der Waals surface area contributed by atoms with Gasteiger partial charge in [0.15, 0.2) is 0 Å². The third-order valence-corrected chi connectivity index (χ3v) is 4.82. The molecule has 1 heterocycles. The predicted molar refractivity (Wildman–Crippen MR) is 114 cm³/mol. The van der Waals surface area contributed by atoms with Crippen molar-refractivity contribution in [3.05, 3.63) is 100 Å². The van der Waals surface area contributed by atoms with Crippen LogP contribution in [0, 0.1) is 10.1 Å². The average Bonchev–Trinajstić information content (AvgIpc) is 3.10. The number of ether oxygens (including phenoxy) is 1. The van der Waals surface area contributed by atoms with Crippen LogP contribution < -0.4 is 4.74 Å². The van der Waals surface area contributed by atoms with Crippen LogP contribution >= 0.6 is 0 Å². The largest absolute Gasteiger partial charge is 0.491 e. The van der Waals surface area contributed by atoms with Crippen LogP contribution in [0.15, 0.2) is 78.9 Å². The third-order valence-electron chi connectivity index (χ3n) is 4.82. The van der Waals surface area contributed by atoms with Gasteiger partial charge in [0.1, 0.15) is 24.3 Å². The second-order valence-corrected chi connectivity index (χ2v) is 7.01. The van der Waals surface area contributed by atoms with Crippen LogP contribution in [0.25, 0.3) is 11.0 Å². The Balaban J connectivity index is 1.49. The molecule has 0 fully saturated rings. The highest BCUT2D eigenvalue weighted by molar-refractivity contribution is 5.76. The summed E-state index contributed by atoms with van der Waals surface area (Å²) in [5.41, 5.74) is 2.98. The van der Waals surface area contributed by atoms with Crippen molar-refractivity contribution < 1.29 is 14.8 Å². The number of nitro benzene ring substituents is 1. The molecular weight excluding hydrogens is 382 g/mol. The molecule has 7 heteroatoms. The van der Waals surface area contributed by atoms with E-state index in [1.807, 2.05) is 47.0 Å². The first-order chi connectivity index (χ1) is 14.6. The lowest BCUT2D eigenvalue weighted by Gasteiger charge is -2.16. The Hall–Kier alpha value is -3.71. The lowest BCUT2D eigenvalue weighted by atomic mass is 10.1. The minimum Gasteiger partial charge on any atom is -0.491 e. The van der Waals surface area contributed by atoms with Crippen molar-refractivity contribution in [2.45, 2.75) is 19.1 Å². The summed E-state index contributed by atoms with van der Waals surface area (Å²) in [6.07, 6.45) is -0.113. The number of hydrogen-bond acceptors (Lipinski definition) is 5. The molecule has 0 spiro atoms. The summed E-state index contributed by atoms with van der Waals surface area (Å²) in [7, 11) is 0. The molecule has 0 aliphatic rings. The maximum Gasteiger partial charge on any atom is 0.269 e. The van der Waals surface area contributed by atoms with Crippen molar-refractivity contribution in [1.29, 1.82) is 0 Å². The number of benzene rings is 3. The van der Waals surface area contributed by atoms with Crippen LogP contribution in [0.2, 0.25) is 0 Å². The number of hydrogen-bond donors (Lipinski definition) is 1. The van der Waals surface area contributed by atoms with Gasteiger partial charge in [-0.05, 0) is 29.8 Å². The summed E-state index contributed by atoms with van der Waals surface area (Å²) in [6, 6.07) is 23.7. The van der Waals surface area contributed by atoms with E-state index in [0.717, 1.165) is 22.4 Å². The van der Waals surface area contributed by atoms with Crippen LogP contribution in [0.5, 0.6) is 5.75 Å². The number of aromatic nitrogens is 2. The van der Waals surface area contributed by atoms with E-state index in [4.69, 9.17) is 9.72 Å². The first-order valence-corrected chi connectivity index (χ1v) is 9.63. The van der Waals surface area contributed by atoms with Gasteiger partial charge in [0.05, 0.1) is 22.5 Å². The molecule has 4 aromatic rings. The third kappa shape index (κ3) is 4.47. The number of rotatable bonds is 8. The molecular formula is C23H21N3O4. The zero-order valence-electron chi connectivity index (χ0n) is 16.2. The molecule has 0 saturated carbocycles. The number of imidazole rings is 1. The van der Waals surface area contributed by atoms with Crippen molar-refractivity contribution >= 4 is 16.7 Å². The molecule has 3 aromatic carbocycles. The number of nitrogens with zero attached hydrogens (tertiary/aromatic N) is 3. The highest BCUT2D eigenvalue weighted by Gasteiger charge is 2.15. The van der Waals surface area contributed by atoms with Crippen LogP contribution in [-0.4, -0.2) is 32.3 Å². The Kier molecular flexibility index (Phi) is 5.72. The lowest BCUT2D eigenvalue weighted by Crippen LogP contribution is -2.24. The Morgan fingerprint density at radius 2 is 1.70 bits per heavy atom. The molecule has 152 valence electrons. The highest BCUT2D eigenvalue weighted by atomic mass is 16.6. The van der Waals surface area contributed by atoms with Gasteiger partial charge in [-0.1, -0.05) is 42.5 Å². The maximum atomic E-state index is 10.7. The number of aliphatic hydroxyl groups excluding tert-OH is 1. The molecule has 1 atom stereocenters. The van der Waals surface area contributed by atoms with Crippen molar-refractivity contribution in [1.82, 2.24) is 9.55 Å². The minimum absolute atomic E-state index is 0.00154. The topological polar surface area (TPSA) is 90.4 Å². The summed E-state index contributed by atoms with van der Waals surface area (Å²) in [6.45, 7) is 0.394. The van der Waals surface area contributed by atoms with Gasteiger partial charge in [0.2, 0.25) is 0 Å². The standard InChI is InChI=1S/C23H21N3O4/c27-19(16-30-20-12-10-18(11-13-20)26(28)29)15-25-22-9-5-4-8-21(22)24-23(25)14-17-6-2-1-3-7-17/h1-13,19,27H,14-16H2/t19-/m1/s1. The monoisotopic (exact) mass is 403 g/mol. The van der Waals surface area contributed by atoms with Crippen LogP contribution in [-0.2, 0) is 13.0 Å². The van der Waals surface area contributed by atoms with Gasteiger partial charge < -0.3 is 14.4 Å². The average molecular weight is 403 g/mol. The number of aliphatic hydroxyl groups is 1. The van der Waals surface area contributed by atoms with E-state index >= 15 is 0 Å². The van der Waals surface area contributed by atoms with E-state index in [0.29, 0.717) is 18.7 Å². The molecule has 1 aromatic heterocycles. The van der Waals surface area contributed by atoms with E-state index in [2.05, 4.69) is 12.1 Å². The Labute approximate surface area is 173 Å². The van der Waals surface area contributed by atoms with E-state index in [-0.39, 0.29) is 12.3 Å². The highest BCUT2D eigenvalue weighted by Crippen LogP contribution is 2.20. The summed E-state index contributed by atoms with van der Waals surface area (Å²) in [4.78, 5) is 15.0. The molecule has 4 rings (SSSR count). The molecule has 7 nitrogen and oxygen atoms in total. The molecule has 0 aliphatic heterocycles. The zero-order valence-corrected chi connectivity index (χ0v) is 16.2. The first-order valence-electron chi connectivity index (χ1n) is 9.63. The van der Waals surface area contributed by atoms with Gasteiger partial charge in [-0.25, -0.2) is 4.98 Å². The van der Waals surface area contributed by atoms with Gasteiger partial charge in [0.25, 0.3) is 5.69 Å². The van der Waals surface area contributed by atoms with Gasteiger partial charge in [-0.3, -0.25) is 10.1 Å². The smallest absolute Gasteiger partial charge is 0.269 e. The number of non-ortho nitro benzene ring substituents is 1. The van der Waals surface area contributed by atoms with Crippen molar-refractivity contribution in [2.24, 2.45) is 0 Å². The molecule has 0 radical (unpaired) electrons. The maximum absolute atomic E-state index is 10.7. The van der Waals surface area contributed by atoms with E-state index < -0.39 is 11.0 Å². The summed E-state index contributed by atoms with van der Waals surface area (Å²) in [5, 5.41) is 21.3. The van der Waals surface area contributed by atoms with Gasteiger partial charge in [-0.15, -0.1) is 0 Å². The predicted octanol–water partition coefficient (Wildman–Crippen LogP) is 3.98. The molecule has 30 heavy (non-hydrogen) atoms. The lowest BCUT2D eigenvalue weighted by molar-refractivity contribution is -0.384. The fourth-order valence-electron chi connectivity index (χ4n) is 3.36. The molecule has 0 unspecified atom stereocenters.